The molecule has 0 aliphatic heterocycles. The monoisotopic (exact) mass is 1040 g/mol. The maximum Gasteiger partial charge on any atom is 0.417 e. The number of rotatable bonds is 8. The van der Waals surface area contributed by atoms with Gasteiger partial charge in [-0.1, -0.05) is 168 Å². The SMILES string of the molecule is Cc1ccc(-c2ccc3c(c2)c2cc(-c4ccc(C)cc4)ccc2n3-c2cccc(C#N)c2-c2c(-c3ccc(C#N)cc3C(F)(F)F)cccc2-n2c3ccc(-c4ccc(C)cc4)cc3c3cc(-c4ccc(C)cc4)ccc32)cc1. The van der Waals surface area contributed by atoms with Gasteiger partial charge in [-0.2, -0.15) is 23.7 Å². The largest absolute Gasteiger partial charge is 0.417 e. The van der Waals surface area contributed by atoms with Crippen LogP contribution in [-0.4, -0.2) is 9.13 Å². The van der Waals surface area contributed by atoms with Crippen LogP contribution in [-0.2, 0) is 6.18 Å². The van der Waals surface area contributed by atoms with E-state index in [1.165, 1.54) is 12.1 Å². The van der Waals surface area contributed by atoms with Crippen LogP contribution in [0.25, 0.3) is 122 Å². The van der Waals surface area contributed by atoms with Crippen molar-refractivity contribution in [3.05, 3.63) is 263 Å². The molecular weight excluding hydrogens is 990 g/mol. The first-order chi connectivity index (χ1) is 38.8. The number of aryl methyl sites for hydroxylation is 4. The third-order valence-corrected chi connectivity index (χ3v) is 15.8. The number of nitrogens with zero attached hydrogens (tertiary/aromatic N) is 4. The highest BCUT2D eigenvalue weighted by atomic mass is 19.4. The van der Waals surface area contributed by atoms with Gasteiger partial charge in [0.1, 0.15) is 0 Å². The fourth-order valence-corrected chi connectivity index (χ4v) is 11.6. The van der Waals surface area contributed by atoms with Crippen LogP contribution in [0.3, 0.4) is 0 Å². The molecule has 0 spiro atoms. The summed E-state index contributed by atoms with van der Waals surface area (Å²) in [6.07, 6.45) is -4.85. The van der Waals surface area contributed by atoms with Crippen LogP contribution in [0.4, 0.5) is 13.2 Å². The summed E-state index contributed by atoms with van der Waals surface area (Å²) in [7, 11) is 0. The minimum Gasteiger partial charge on any atom is -0.309 e. The molecule has 2 aromatic heterocycles. The molecule has 0 amide bonds. The molecule has 0 aliphatic carbocycles. The zero-order chi connectivity index (χ0) is 55.0. The third-order valence-electron chi connectivity index (χ3n) is 15.8. The highest BCUT2D eigenvalue weighted by Crippen LogP contribution is 2.49. The molecule has 0 aliphatic rings. The Labute approximate surface area is 461 Å². The molecule has 2 heterocycles. The Morgan fingerprint density at radius 3 is 1.04 bits per heavy atom. The standard InChI is InChI=1S/C73H49F3N4/c1-44-11-20-49(21-12-44)53-28-33-65-60(38-53)61-39-54(50-22-13-45(2)14-23-50)29-34-66(61)79(65)69-9-5-7-57(43-78)71(69)72-59(58-32-19-48(42-77)37-64(58)73(74,75)76)8-6-10-70(72)80-67-35-30-55(51-24-15-46(3)16-25-51)40-62(67)63-41-56(31-36-68(63)80)52-26-17-47(4)18-27-52/h5-41H,1-4H3. The Kier molecular flexibility index (Phi) is 11.9. The number of alkyl halides is 3. The van der Waals surface area contributed by atoms with E-state index in [0.717, 1.165) is 116 Å². The Balaban J connectivity index is 1.16. The van der Waals surface area contributed by atoms with Crippen LogP contribution in [0.2, 0.25) is 0 Å². The Hall–Kier alpha value is -10.2. The lowest BCUT2D eigenvalue weighted by Crippen LogP contribution is -2.09. The van der Waals surface area contributed by atoms with Gasteiger partial charge in [-0.15, -0.1) is 0 Å². The molecule has 0 atom stereocenters. The van der Waals surface area contributed by atoms with Gasteiger partial charge in [-0.05, 0) is 162 Å². The minimum atomic E-state index is -4.85. The minimum absolute atomic E-state index is 0.117. The number of hydrogen-bond acceptors (Lipinski definition) is 2. The number of hydrogen-bond donors (Lipinski definition) is 0. The molecule has 13 aromatic rings. The highest BCUT2D eigenvalue weighted by Gasteiger charge is 2.36. The molecule has 80 heavy (non-hydrogen) atoms. The summed E-state index contributed by atoms with van der Waals surface area (Å²) in [4.78, 5) is 0. The summed E-state index contributed by atoms with van der Waals surface area (Å²) in [6.45, 7) is 8.27. The fourth-order valence-electron chi connectivity index (χ4n) is 11.6. The van der Waals surface area contributed by atoms with Crippen LogP contribution in [0, 0.1) is 50.4 Å². The van der Waals surface area contributed by atoms with E-state index in [-0.39, 0.29) is 22.3 Å². The maximum absolute atomic E-state index is 15.8. The molecule has 0 N–H and O–H groups in total. The van der Waals surface area contributed by atoms with E-state index in [4.69, 9.17) is 0 Å². The van der Waals surface area contributed by atoms with Gasteiger partial charge >= 0.3 is 6.18 Å². The first-order valence-corrected chi connectivity index (χ1v) is 26.6. The van der Waals surface area contributed by atoms with E-state index in [0.29, 0.717) is 22.5 Å². The average Bonchev–Trinajstić information content (AvgIpc) is 4.10. The molecule has 13 rings (SSSR count). The predicted octanol–water partition coefficient (Wildman–Crippen LogP) is 19.9. The molecule has 0 unspecified atom stereocenters. The Bertz CT molecular complexity index is 4510. The van der Waals surface area contributed by atoms with Gasteiger partial charge in [0.05, 0.1) is 62.3 Å². The van der Waals surface area contributed by atoms with Crippen molar-refractivity contribution in [1.29, 1.82) is 10.5 Å². The molecule has 0 saturated heterocycles. The second-order valence-corrected chi connectivity index (χ2v) is 20.9. The summed E-state index contributed by atoms with van der Waals surface area (Å²) in [5.74, 6) is 0. The van der Waals surface area contributed by atoms with Crippen molar-refractivity contribution in [3.8, 4) is 90.3 Å². The van der Waals surface area contributed by atoms with E-state index >= 15 is 13.2 Å². The first-order valence-electron chi connectivity index (χ1n) is 26.6. The summed E-state index contributed by atoms with van der Waals surface area (Å²) in [5.41, 5.74) is 17.6. The molecule has 0 saturated carbocycles. The molecule has 4 nitrogen and oxygen atoms in total. The van der Waals surface area contributed by atoms with Crippen LogP contribution in [0.5, 0.6) is 0 Å². The summed E-state index contributed by atoms with van der Waals surface area (Å²) >= 11 is 0. The van der Waals surface area contributed by atoms with Crippen molar-refractivity contribution in [1.82, 2.24) is 9.13 Å². The van der Waals surface area contributed by atoms with Crippen molar-refractivity contribution in [2.75, 3.05) is 0 Å². The van der Waals surface area contributed by atoms with E-state index in [9.17, 15) is 10.5 Å². The van der Waals surface area contributed by atoms with Crippen LogP contribution in [0.1, 0.15) is 38.9 Å². The van der Waals surface area contributed by atoms with Gasteiger partial charge in [-0.3, -0.25) is 0 Å². The van der Waals surface area contributed by atoms with Crippen molar-refractivity contribution >= 4 is 43.6 Å². The van der Waals surface area contributed by atoms with Gasteiger partial charge in [0.2, 0.25) is 0 Å². The quantitative estimate of drug-likeness (QED) is 0.152. The van der Waals surface area contributed by atoms with Crippen LogP contribution < -0.4 is 0 Å². The number of halogens is 3. The first kappa shape index (κ1) is 49.4. The summed E-state index contributed by atoms with van der Waals surface area (Å²) in [5, 5.41) is 25.3. The topological polar surface area (TPSA) is 57.4 Å². The third kappa shape index (κ3) is 8.48. The number of benzene rings is 11. The summed E-state index contributed by atoms with van der Waals surface area (Å²) < 4.78 is 51.6. The van der Waals surface area contributed by atoms with E-state index < -0.39 is 11.7 Å². The fraction of sp³-hybridized carbons (Fsp3) is 0.0685. The maximum atomic E-state index is 15.8. The number of aromatic nitrogens is 2. The lowest BCUT2D eigenvalue weighted by atomic mass is 9.86. The van der Waals surface area contributed by atoms with E-state index in [1.807, 2.05) is 24.3 Å². The second-order valence-electron chi connectivity index (χ2n) is 20.9. The van der Waals surface area contributed by atoms with E-state index in [2.05, 4.69) is 213 Å². The second kappa shape index (κ2) is 19.4. The van der Waals surface area contributed by atoms with Gasteiger partial charge in [0, 0.05) is 32.7 Å². The lowest BCUT2D eigenvalue weighted by Gasteiger charge is -2.24. The smallest absolute Gasteiger partial charge is 0.309 e. The molecule has 0 radical (unpaired) electrons. The van der Waals surface area contributed by atoms with Crippen LogP contribution in [0.15, 0.2) is 224 Å². The molecule has 0 fully saturated rings. The van der Waals surface area contributed by atoms with E-state index in [1.54, 1.807) is 18.2 Å². The van der Waals surface area contributed by atoms with Crippen molar-refractivity contribution in [3.63, 3.8) is 0 Å². The number of fused-ring (bicyclic) bond motifs is 6. The Morgan fingerprint density at radius 1 is 0.338 bits per heavy atom. The van der Waals surface area contributed by atoms with Gasteiger partial charge in [-0.25, -0.2) is 0 Å². The normalized spacial score (nSPS) is 11.7. The zero-order valence-electron chi connectivity index (χ0n) is 44.3. The number of nitriles is 2. The van der Waals surface area contributed by atoms with Gasteiger partial charge in [0.15, 0.2) is 0 Å². The Morgan fingerprint density at radius 2 is 0.688 bits per heavy atom. The highest BCUT2D eigenvalue weighted by molar-refractivity contribution is 6.15. The van der Waals surface area contributed by atoms with Crippen LogP contribution >= 0.6 is 0 Å². The predicted molar refractivity (Wildman–Crippen MR) is 321 cm³/mol. The molecule has 382 valence electrons. The van der Waals surface area contributed by atoms with Crippen molar-refractivity contribution in [2.24, 2.45) is 0 Å². The molecular formula is C73H49F3N4. The average molecular weight is 1040 g/mol. The van der Waals surface area contributed by atoms with Gasteiger partial charge in [0.25, 0.3) is 0 Å². The zero-order valence-corrected chi connectivity index (χ0v) is 44.3. The van der Waals surface area contributed by atoms with Crippen molar-refractivity contribution in [2.45, 2.75) is 33.9 Å². The molecule has 0 bridgehead atoms. The summed E-state index contributed by atoms with van der Waals surface area (Å²) in [6, 6.07) is 78.6. The lowest BCUT2D eigenvalue weighted by molar-refractivity contribution is -0.137. The van der Waals surface area contributed by atoms with Crippen molar-refractivity contribution < 1.29 is 13.2 Å². The molecule has 11 aromatic carbocycles. The van der Waals surface area contributed by atoms with Gasteiger partial charge < -0.3 is 9.13 Å². The molecule has 7 heteroatoms.